The summed E-state index contributed by atoms with van der Waals surface area (Å²) in [7, 11) is 0. The first kappa shape index (κ1) is 20.1. The maximum atomic E-state index is 12.6. The van der Waals surface area contributed by atoms with Crippen LogP contribution in [0.4, 0.5) is 5.82 Å². The Morgan fingerprint density at radius 3 is 2.74 bits per heavy atom. The fourth-order valence-corrected chi connectivity index (χ4v) is 4.12. The molecule has 2 fully saturated rings. The first-order chi connectivity index (χ1) is 13.0. The normalized spacial score (nSPS) is 22.3. The van der Waals surface area contributed by atoms with Gasteiger partial charge in [-0.1, -0.05) is 18.5 Å². The number of halogens is 1. The number of carbonyl (C=O) groups is 2. The SMILES string of the molecule is CC(CC(=O)N1CCC(C(=O)Nc2ccc(Cl)cn2)CC1)C1CCCNC1. The van der Waals surface area contributed by atoms with Crippen molar-refractivity contribution in [2.45, 2.75) is 39.0 Å². The second kappa shape index (κ2) is 9.51. The van der Waals surface area contributed by atoms with Gasteiger partial charge in [0.2, 0.25) is 11.8 Å². The molecule has 2 N–H and O–H groups in total. The van der Waals surface area contributed by atoms with Crippen molar-refractivity contribution in [1.29, 1.82) is 0 Å². The smallest absolute Gasteiger partial charge is 0.228 e. The highest BCUT2D eigenvalue weighted by Gasteiger charge is 2.29. The molecule has 2 aliphatic rings. The molecule has 0 radical (unpaired) electrons. The van der Waals surface area contributed by atoms with E-state index in [9.17, 15) is 9.59 Å². The molecule has 0 saturated carbocycles. The number of aromatic nitrogens is 1. The van der Waals surface area contributed by atoms with Crippen LogP contribution in [-0.2, 0) is 9.59 Å². The van der Waals surface area contributed by atoms with Crippen molar-refractivity contribution < 1.29 is 9.59 Å². The van der Waals surface area contributed by atoms with Crippen LogP contribution in [0.15, 0.2) is 18.3 Å². The van der Waals surface area contributed by atoms with E-state index in [4.69, 9.17) is 11.6 Å². The van der Waals surface area contributed by atoms with Crippen molar-refractivity contribution in [3.63, 3.8) is 0 Å². The second-order valence-electron chi connectivity index (χ2n) is 7.79. The molecule has 27 heavy (non-hydrogen) atoms. The molecule has 0 aliphatic carbocycles. The summed E-state index contributed by atoms with van der Waals surface area (Å²) in [4.78, 5) is 31.1. The standard InChI is InChI=1S/C20H29ClN4O2/c1-14(16-3-2-8-22-12-16)11-19(26)25-9-6-15(7-10-25)20(27)24-18-5-4-17(21)13-23-18/h4-5,13-16,22H,2-3,6-12H2,1H3,(H,23,24,27). The van der Waals surface area contributed by atoms with Crippen LogP contribution in [0.2, 0.25) is 5.02 Å². The van der Waals surface area contributed by atoms with Gasteiger partial charge in [-0.2, -0.15) is 0 Å². The van der Waals surface area contributed by atoms with E-state index in [1.807, 2.05) is 4.90 Å². The number of anilines is 1. The van der Waals surface area contributed by atoms with Crippen LogP contribution in [0.1, 0.15) is 39.0 Å². The van der Waals surface area contributed by atoms with Gasteiger partial charge >= 0.3 is 0 Å². The van der Waals surface area contributed by atoms with Crippen molar-refractivity contribution in [2.24, 2.45) is 17.8 Å². The predicted molar refractivity (Wildman–Crippen MR) is 107 cm³/mol. The van der Waals surface area contributed by atoms with Gasteiger partial charge < -0.3 is 15.5 Å². The number of nitrogens with zero attached hydrogens (tertiary/aromatic N) is 2. The minimum Gasteiger partial charge on any atom is -0.343 e. The zero-order chi connectivity index (χ0) is 19.2. The Hall–Kier alpha value is -1.66. The summed E-state index contributed by atoms with van der Waals surface area (Å²) in [5.74, 6) is 1.63. The lowest BCUT2D eigenvalue weighted by Gasteiger charge is -2.33. The monoisotopic (exact) mass is 392 g/mol. The van der Waals surface area contributed by atoms with Gasteiger partial charge in [-0.3, -0.25) is 9.59 Å². The topological polar surface area (TPSA) is 74.3 Å². The van der Waals surface area contributed by atoms with Crippen LogP contribution in [0.25, 0.3) is 0 Å². The lowest BCUT2D eigenvalue weighted by molar-refractivity contribution is -0.135. The van der Waals surface area contributed by atoms with Crippen LogP contribution in [-0.4, -0.2) is 47.9 Å². The molecule has 1 aromatic heterocycles. The third kappa shape index (κ3) is 5.66. The maximum Gasteiger partial charge on any atom is 0.228 e. The fraction of sp³-hybridized carbons (Fsp3) is 0.650. The van der Waals surface area contributed by atoms with Crippen molar-refractivity contribution >= 4 is 29.2 Å². The first-order valence-electron chi connectivity index (χ1n) is 9.94. The highest BCUT2D eigenvalue weighted by Crippen LogP contribution is 2.25. The van der Waals surface area contributed by atoms with Crippen molar-refractivity contribution in [2.75, 3.05) is 31.5 Å². The average Bonchev–Trinajstić information content (AvgIpc) is 2.70. The zero-order valence-corrected chi connectivity index (χ0v) is 16.7. The number of hydrogen-bond donors (Lipinski definition) is 2. The minimum absolute atomic E-state index is 0.0291. The quantitative estimate of drug-likeness (QED) is 0.807. The van der Waals surface area contributed by atoms with Crippen molar-refractivity contribution in [3.8, 4) is 0 Å². The van der Waals surface area contributed by atoms with Crippen molar-refractivity contribution in [1.82, 2.24) is 15.2 Å². The molecule has 6 nitrogen and oxygen atoms in total. The van der Waals surface area contributed by atoms with Gasteiger partial charge in [-0.05, 0) is 62.7 Å². The Labute approximate surface area is 166 Å². The molecule has 148 valence electrons. The lowest BCUT2D eigenvalue weighted by Crippen LogP contribution is -2.43. The van der Waals surface area contributed by atoms with E-state index in [0.29, 0.717) is 55.0 Å². The lowest BCUT2D eigenvalue weighted by atomic mass is 9.85. The molecule has 2 amide bonds. The largest absolute Gasteiger partial charge is 0.343 e. The summed E-state index contributed by atoms with van der Waals surface area (Å²) in [6.07, 6.45) is 5.93. The molecule has 3 heterocycles. The minimum atomic E-state index is -0.0773. The maximum absolute atomic E-state index is 12.6. The summed E-state index contributed by atoms with van der Waals surface area (Å²) in [6.45, 7) is 5.61. The van der Waals surface area contributed by atoms with Crippen LogP contribution >= 0.6 is 11.6 Å². The molecule has 0 aromatic carbocycles. The van der Waals surface area contributed by atoms with E-state index in [1.54, 1.807) is 12.1 Å². The third-order valence-electron chi connectivity index (χ3n) is 5.83. The summed E-state index contributed by atoms with van der Waals surface area (Å²) in [5.41, 5.74) is 0. The Balaban J connectivity index is 1.42. The molecule has 1 aromatic rings. The van der Waals surface area contributed by atoms with Gasteiger partial charge in [0.1, 0.15) is 5.82 Å². The number of hydrogen-bond acceptors (Lipinski definition) is 4. The van der Waals surface area contributed by atoms with Crippen LogP contribution in [0.3, 0.4) is 0 Å². The summed E-state index contributed by atoms with van der Waals surface area (Å²) >= 11 is 5.81. The number of nitrogens with one attached hydrogen (secondary N) is 2. The molecule has 3 rings (SSSR count). The van der Waals surface area contributed by atoms with Gasteiger partial charge in [0.05, 0.1) is 5.02 Å². The zero-order valence-electron chi connectivity index (χ0n) is 15.9. The Kier molecular flexibility index (Phi) is 7.07. The van der Waals surface area contributed by atoms with E-state index in [1.165, 1.54) is 19.0 Å². The molecule has 2 saturated heterocycles. The third-order valence-corrected chi connectivity index (χ3v) is 6.06. The van der Waals surface area contributed by atoms with Crippen LogP contribution in [0, 0.1) is 17.8 Å². The predicted octanol–water partition coefficient (Wildman–Crippen LogP) is 2.94. The average molecular weight is 393 g/mol. The highest BCUT2D eigenvalue weighted by atomic mass is 35.5. The molecule has 7 heteroatoms. The summed E-state index contributed by atoms with van der Waals surface area (Å²) in [6, 6.07) is 3.40. The highest BCUT2D eigenvalue weighted by molar-refractivity contribution is 6.30. The van der Waals surface area contributed by atoms with Gasteiger partial charge in [-0.25, -0.2) is 4.98 Å². The summed E-state index contributed by atoms with van der Waals surface area (Å²) < 4.78 is 0. The van der Waals surface area contributed by atoms with E-state index < -0.39 is 0 Å². The number of rotatable bonds is 5. The van der Waals surface area contributed by atoms with E-state index in [-0.39, 0.29) is 17.7 Å². The Morgan fingerprint density at radius 1 is 1.33 bits per heavy atom. The number of pyridine rings is 1. The molecule has 0 bridgehead atoms. The van der Waals surface area contributed by atoms with Crippen molar-refractivity contribution in [3.05, 3.63) is 23.4 Å². The summed E-state index contributed by atoms with van der Waals surface area (Å²) in [5, 5.41) is 6.81. The van der Waals surface area contributed by atoms with Gasteiger partial charge in [0, 0.05) is 31.6 Å². The number of carbonyl (C=O) groups excluding carboxylic acids is 2. The fourth-order valence-electron chi connectivity index (χ4n) is 4.00. The molecule has 2 aliphatic heterocycles. The molecular weight excluding hydrogens is 364 g/mol. The number of likely N-dealkylation sites (tertiary alicyclic amines) is 1. The van der Waals surface area contributed by atoms with Gasteiger partial charge in [0.15, 0.2) is 0 Å². The van der Waals surface area contributed by atoms with Gasteiger partial charge in [0.25, 0.3) is 0 Å². The molecular formula is C20H29ClN4O2. The Morgan fingerprint density at radius 2 is 2.11 bits per heavy atom. The molecule has 2 unspecified atom stereocenters. The first-order valence-corrected chi connectivity index (χ1v) is 10.3. The van der Waals surface area contributed by atoms with Gasteiger partial charge in [-0.15, -0.1) is 0 Å². The number of piperidine rings is 2. The van der Waals surface area contributed by atoms with Crippen LogP contribution in [0.5, 0.6) is 0 Å². The number of amides is 2. The molecule has 0 spiro atoms. The van der Waals surface area contributed by atoms with E-state index >= 15 is 0 Å². The van der Waals surface area contributed by atoms with E-state index in [0.717, 1.165) is 13.1 Å². The van der Waals surface area contributed by atoms with E-state index in [2.05, 4.69) is 22.5 Å². The van der Waals surface area contributed by atoms with Crippen LogP contribution < -0.4 is 10.6 Å². The molecule has 2 atom stereocenters. The Bertz CT molecular complexity index is 638. The second-order valence-corrected chi connectivity index (χ2v) is 8.23.